The van der Waals surface area contributed by atoms with Crippen molar-refractivity contribution in [1.82, 2.24) is 4.90 Å². The van der Waals surface area contributed by atoms with Gasteiger partial charge in [-0.05, 0) is 12.1 Å². The molecule has 3 rings (SSSR count). The summed E-state index contributed by atoms with van der Waals surface area (Å²) in [6, 6.07) is 7.39. The largest absolute Gasteiger partial charge is 0.493 e. The van der Waals surface area contributed by atoms with E-state index in [1.54, 1.807) is 18.1 Å². The first-order chi connectivity index (χ1) is 11.0. The van der Waals surface area contributed by atoms with E-state index in [0.717, 1.165) is 0 Å². The van der Waals surface area contributed by atoms with E-state index in [2.05, 4.69) is 0 Å². The second-order valence-corrected chi connectivity index (χ2v) is 7.74. The predicted molar refractivity (Wildman–Crippen MR) is 85.0 cm³/mol. The fourth-order valence-electron chi connectivity index (χ4n) is 2.73. The van der Waals surface area contributed by atoms with Crippen LogP contribution in [0.2, 0.25) is 0 Å². The van der Waals surface area contributed by atoms with Crippen LogP contribution in [0.5, 0.6) is 11.5 Å². The maximum atomic E-state index is 12.1. The fraction of sp³-hybridized carbons (Fsp3) is 0.438. The highest BCUT2D eigenvalue weighted by Crippen LogP contribution is 2.29. The van der Waals surface area contributed by atoms with Gasteiger partial charge >= 0.3 is 0 Å². The molecular weight excluding hydrogens is 318 g/mol. The molecule has 0 aromatic heterocycles. The van der Waals surface area contributed by atoms with Crippen LogP contribution >= 0.6 is 0 Å². The normalized spacial score (nSPS) is 22.7. The number of carbonyl (C=O) groups is 1. The number of para-hydroxylation sites is 2. The third-order valence-electron chi connectivity index (χ3n) is 4.00. The van der Waals surface area contributed by atoms with Gasteiger partial charge in [0.2, 0.25) is 5.91 Å². The number of carbonyl (C=O) groups excluding carboxylic acids is 1. The van der Waals surface area contributed by atoms with Crippen molar-refractivity contribution in [2.45, 2.75) is 12.5 Å². The minimum Gasteiger partial charge on any atom is -0.493 e. The molecule has 23 heavy (non-hydrogen) atoms. The van der Waals surface area contributed by atoms with Crippen molar-refractivity contribution in [1.29, 1.82) is 0 Å². The van der Waals surface area contributed by atoms with Gasteiger partial charge in [-0.1, -0.05) is 18.2 Å². The van der Waals surface area contributed by atoms with Crippen molar-refractivity contribution in [3.63, 3.8) is 0 Å². The molecule has 0 spiro atoms. The number of methoxy groups -OCH3 is 1. The second kappa shape index (κ2) is 6.23. The van der Waals surface area contributed by atoms with E-state index in [1.165, 1.54) is 5.41 Å². The Morgan fingerprint density at radius 3 is 2.57 bits per heavy atom. The Balaban J connectivity index is 1.47. The molecule has 0 saturated carbocycles. The molecule has 2 aliphatic rings. The zero-order chi connectivity index (χ0) is 16.4. The predicted octanol–water partition coefficient (Wildman–Crippen LogP) is 1.23. The summed E-state index contributed by atoms with van der Waals surface area (Å²) < 4.78 is 33.8. The van der Waals surface area contributed by atoms with Crippen LogP contribution in [-0.4, -0.2) is 51.3 Å². The highest BCUT2D eigenvalue weighted by atomic mass is 32.2. The monoisotopic (exact) mass is 337 g/mol. The lowest BCUT2D eigenvalue weighted by Gasteiger charge is -2.39. The number of hydrogen-bond donors (Lipinski definition) is 0. The Morgan fingerprint density at radius 2 is 1.96 bits per heavy atom. The highest BCUT2D eigenvalue weighted by Gasteiger charge is 2.34. The summed E-state index contributed by atoms with van der Waals surface area (Å²) in [5, 5.41) is 1.20. The molecule has 2 aliphatic heterocycles. The Labute approximate surface area is 135 Å². The summed E-state index contributed by atoms with van der Waals surface area (Å²) in [6.45, 7) is 1.03. The molecule has 1 amide bonds. The lowest BCUT2D eigenvalue weighted by Crippen LogP contribution is -2.56. The molecule has 1 aromatic carbocycles. The molecule has 1 unspecified atom stereocenters. The molecule has 1 saturated heterocycles. The average molecular weight is 337 g/mol. The number of rotatable bonds is 5. The fourth-order valence-corrected chi connectivity index (χ4v) is 4.13. The van der Waals surface area contributed by atoms with Gasteiger partial charge in [0, 0.05) is 17.7 Å². The zero-order valence-electron chi connectivity index (χ0n) is 12.8. The van der Waals surface area contributed by atoms with Crippen molar-refractivity contribution >= 4 is 15.7 Å². The second-order valence-electron chi connectivity index (χ2n) is 5.81. The number of ether oxygens (including phenoxy) is 2. The molecule has 1 fully saturated rings. The van der Waals surface area contributed by atoms with Crippen molar-refractivity contribution in [2.24, 2.45) is 5.92 Å². The van der Waals surface area contributed by atoms with Crippen molar-refractivity contribution in [3.8, 4) is 11.5 Å². The molecule has 7 heteroatoms. The number of benzene rings is 1. The number of nitrogens with zero attached hydrogens (tertiary/aromatic N) is 1. The van der Waals surface area contributed by atoms with Crippen molar-refractivity contribution < 1.29 is 22.7 Å². The number of sulfone groups is 1. The molecule has 0 N–H and O–H groups in total. The quantitative estimate of drug-likeness (QED) is 0.808. The van der Waals surface area contributed by atoms with Gasteiger partial charge in [0.25, 0.3) is 0 Å². The van der Waals surface area contributed by atoms with E-state index in [1.807, 2.05) is 24.3 Å². The smallest absolute Gasteiger partial charge is 0.223 e. The number of allylic oxidation sites excluding steroid dienone is 1. The molecule has 1 atom stereocenters. The summed E-state index contributed by atoms with van der Waals surface area (Å²) >= 11 is 0. The lowest BCUT2D eigenvalue weighted by atomic mass is 10.0. The van der Waals surface area contributed by atoms with E-state index in [0.29, 0.717) is 24.6 Å². The molecular formula is C16H19NO5S. The summed E-state index contributed by atoms with van der Waals surface area (Å²) in [5.74, 6) is 1.13. The van der Waals surface area contributed by atoms with Gasteiger partial charge in [-0.25, -0.2) is 8.42 Å². The molecule has 0 aliphatic carbocycles. The minimum atomic E-state index is -3.10. The topological polar surface area (TPSA) is 72.9 Å². The van der Waals surface area contributed by atoms with Gasteiger partial charge in [0.1, 0.15) is 6.10 Å². The molecule has 124 valence electrons. The molecule has 1 aromatic rings. The Bertz CT molecular complexity index is 722. The van der Waals surface area contributed by atoms with Gasteiger partial charge in [0.15, 0.2) is 21.3 Å². The molecule has 6 nitrogen and oxygen atoms in total. The van der Waals surface area contributed by atoms with Crippen LogP contribution in [0, 0.1) is 5.92 Å². The van der Waals surface area contributed by atoms with Crippen LogP contribution in [0.4, 0.5) is 0 Å². The molecule has 2 heterocycles. The first kappa shape index (κ1) is 15.9. The van der Waals surface area contributed by atoms with Gasteiger partial charge in [-0.3, -0.25) is 4.79 Å². The van der Waals surface area contributed by atoms with E-state index >= 15 is 0 Å². The number of likely N-dealkylation sites (tertiary alicyclic amines) is 1. The SMILES string of the molecule is COc1ccccc1OC1CN(C(=O)CC2C=CS(=O)(=O)C2)C1. The van der Waals surface area contributed by atoms with Crippen LogP contribution < -0.4 is 9.47 Å². The standard InChI is InChI=1S/C16H19NO5S/c1-21-14-4-2-3-5-15(14)22-13-9-17(10-13)16(18)8-12-6-7-23(19,20)11-12/h2-7,12-13H,8-11H2,1H3. The van der Waals surface area contributed by atoms with Gasteiger partial charge in [-0.15, -0.1) is 0 Å². The Morgan fingerprint density at radius 1 is 1.26 bits per heavy atom. The van der Waals surface area contributed by atoms with Crippen LogP contribution in [0.3, 0.4) is 0 Å². The first-order valence-electron chi connectivity index (χ1n) is 7.45. The lowest BCUT2D eigenvalue weighted by molar-refractivity contribution is -0.140. The van der Waals surface area contributed by atoms with E-state index < -0.39 is 9.84 Å². The number of hydrogen-bond acceptors (Lipinski definition) is 5. The van der Waals surface area contributed by atoms with Gasteiger partial charge < -0.3 is 14.4 Å². The minimum absolute atomic E-state index is 0.0309. The number of amides is 1. The first-order valence-corrected chi connectivity index (χ1v) is 9.17. The van der Waals surface area contributed by atoms with Crippen molar-refractivity contribution in [2.75, 3.05) is 26.0 Å². The Hall–Kier alpha value is -2.02. The van der Waals surface area contributed by atoms with Crippen LogP contribution in [-0.2, 0) is 14.6 Å². The van der Waals surface area contributed by atoms with E-state index in [4.69, 9.17) is 9.47 Å². The van der Waals surface area contributed by atoms with Crippen LogP contribution in [0.15, 0.2) is 35.7 Å². The summed E-state index contributed by atoms with van der Waals surface area (Å²) in [4.78, 5) is 13.8. The van der Waals surface area contributed by atoms with Gasteiger partial charge in [0.05, 0.1) is 26.0 Å². The zero-order valence-corrected chi connectivity index (χ0v) is 13.7. The van der Waals surface area contributed by atoms with Crippen molar-refractivity contribution in [3.05, 3.63) is 35.7 Å². The van der Waals surface area contributed by atoms with E-state index in [9.17, 15) is 13.2 Å². The maximum absolute atomic E-state index is 12.1. The highest BCUT2D eigenvalue weighted by molar-refractivity contribution is 7.94. The van der Waals surface area contributed by atoms with Crippen LogP contribution in [0.1, 0.15) is 6.42 Å². The molecule has 0 bridgehead atoms. The van der Waals surface area contributed by atoms with Crippen LogP contribution in [0.25, 0.3) is 0 Å². The summed E-state index contributed by atoms with van der Waals surface area (Å²) in [6.07, 6.45) is 1.78. The van der Waals surface area contributed by atoms with Gasteiger partial charge in [-0.2, -0.15) is 0 Å². The average Bonchev–Trinajstić information content (AvgIpc) is 2.81. The third-order valence-corrected chi connectivity index (χ3v) is 5.47. The third kappa shape index (κ3) is 3.67. The summed E-state index contributed by atoms with van der Waals surface area (Å²) in [7, 11) is -1.52. The Kier molecular flexibility index (Phi) is 4.30. The van der Waals surface area contributed by atoms with E-state index in [-0.39, 0.29) is 30.1 Å². The summed E-state index contributed by atoms with van der Waals surface area (Å²) in [5.41, 5.74) is 0. The molecule has 0 radical (unpaired) electrons. The maximum Gasteiger partial charge on any atom is 0.223 e.